The molecule has 0 bridgehead atoms. The maximum absolute atomic E-state index is 15.1. The van der Waals surface area contributed by atoms with Crippen LogP contribution in [-0.2, 0) is 14.3 Å². The number of nitrogens with one attached hydrogen (secondary N) is 2. The lowest BCUT2D eigenvalue weighted by atomic mass is 9.96. The standard InChI is InChI=1S/C21H24FN3O4S/c1-4-29-21(28)18-19(27)14-9-15(22)17(10-16(14)25-13(3)30-20(18)25)24-7-5-23(6-8-24)11-12(2)26/h9-10,13H,4-8,11H2,1-3H3/p+2. The average Bonchev–Trinajstić information content (AvgIpc) is 2.68. The van der Waals surface area contributed by atoms with Crippen LogP contribution in [0.3, 0.4) is 0 Å². The second-order valence-corrected chi connectivity index (χ2v) is 9.24. The Balaban J connectivity index is 1.64. The molecule has 0 aliphatic carbocycles. The topological polar surface area (TPSA) is 72.6 Å². The molecule has 0 saturated carbocycles. The molecule has 0 spiro atoms. The molecule has 0 amide bonds. The minimum atomic E-state index is -0.642. The van der Waals surface area contributed by atoms with Crippen LogP contribution in [0.15, 0.2) is 22.7 Å². The van der Waals surface area contributed by atoms with E-state index in [0.717, 1.165) is 15.5 Å². The molecule has 1 aromatic carbocycles. The summed E-state index contributed by atoms with van der Waals surface area (Å²) in [6.45, 7) is 8.68. The summed E-state index contributed by atoms with van der Waals surface area (Å²) in [4.78, 5) is 40.7. The molecule has 2 unspecified atom stereocenters. The van der Waals surface area contributed by atoms with E-state index in [-0.39, 0.29) is 28.9 Å². The monoisotopic (exact) mass is 435 g/mol. The van der Waals surface area contributed by atoms with Crippen LogP contribution >= 0.6 is 11.8 Å². The summed E-state index contributed by atoms with van der Waals surface area (Å²) in [5.41, 5.74) is 1.53. The number of ether oxygens (including phenoxy) is 1. The molecule has 2 fully saturated rings. The number of piperazine rings is 1. The van der Waals surface area contributed by atoms with E-state index in [0.29, 0.717) is 43.4 Å². The van der Waals surface area contributed by atoms with Crippen molar-refractivity contribution < 1.29 is 33.3 Å². The highest BCUT2D eigenvalue weighted by Crippen LogP contribution is 2.38. The number of carbonyl (C=O) groups is 3. The van der Waals surface area contributed by atoms with Crippen molar-refractivity contribution in [3.8, 4) is 0 Å². The summed E-state index contributed by atoms with van der Waals surface area (Å²) in [5, 5.41) is 0.786. The molecule has 2 atom stereocenters. The lowest BCUT2D eigenvalue weighted by Gasteiger charge is -2.39. The fourth-order valence-corrected chi connectivity index (χ4v) is 5.65. The van der Waals surface area contributed by atoms with Gasteiger partial charge in [-0.1, -0.05) is 0 Å². The molecule has 30 heavy (non-hydrogen) atoms. The Morgan fingerprint density at radius 2 is 1.97 bits per heavy atom. The van der Waals surface area contributed by atoms with Gasteiger partial charge in [0.2, 0.25) is 5.78 Å². The van der Waals surface area contributed by atoms with Gasteiger partial charge >= 0.3 is 5.97 Å². The predicted molar refractivity (Wildman–Crippen MR) is 110 cm³/mol. The quantitative estimate of drug-likeness (QED) is 0.494. The number of fused-ring (bicyclic) bond motifs is 3. The lowest BCUT2D eigenvalue weighted by Crippen LogP contribution is -3.14. The number of hydrogen-bond acceptors (Lipinski definition) is 6. The molecule has 1 aromatic rings. The Labute approximate surface area is 178 Å². The van der Waals surface area contributed by atoms with Gasteiger partial charge in [0.15, 0.2) is 33.2 Å². The largest absolute Gasteiger partial charge is 0.462 e. The van der Waals surface area contributed by atoms with Gasteiger partial charge in [-0.25, -0.2) is 9.18 Å². The highest BCUT2D eigenvalue weighted by atomic mass is 32.2. The van der Waals surface area contributed by atoms with E-state index >= 15 is 4.39 Å². The molecule has 2 N–H and O–H groups in total. The van der Waals surface area contributed by atoms with Crippen molar-refractivity contribution in [3.63, 3.8) is 0 Å². The van der Waals surface area contributed by atoms with Crippen molar-refractivity contribution in [2.24, 2.45) is 0 Å². The number of quaternary nitrogens is 2. The van der Waals surface area contributed by atoms with Crippen LogP contribution in [0.5, 0.6) is 0 Å². The first-order chi connectivity index (χ1) is 14.3. The van der Waals surface area contributed by atoms with Gasteiger partial charge in [-0.2, -0.15) is 0 Å². The minimum Gasteiger partial charge on any atom is -0.462 e. The maximum atomic E-state index is 15.1. The summed E-state index contributed by atoms with van der Waals surface area (Å²) in [6.07, 6.45) is 0. The summed E-state index contributed by atoms with van der Waals surface area (Å²) < 4.78 is 20.1. The molecular formula is C21H26FN3O4S+2. The SMILES string of the molecule is CCOC(=O)C1=C2SC(C)[NH+]2c2cc([NH+]3CCN(CC(C)=O)CC3)c(F)cc2C1=O. The van der Waals surface area contributed by atoms with E-state index in [4.69, 9.17) is 4.74 Å². The maximum Gasteiger partial charge on any atom is 0.348 e. The van der Waals surface area contributed by atoms with Crippen molar-refractivity contribution in [1.29, 1.82) is 0 Å². The zero-order valence-corrected chi connectivity index (χ0v) is 18.2. The van der Waals surface area contributed by atoms with E-state index < -0.39 is 17.6 Å². The van der Waals surface area contributed by atoms with Crippen LogP contribution in [0, 0.1) is 5.82 Å². The first kappa shape index (κ1) is 21.2. The van der Waals surface area contributed by atoms with Gasteiger partial charge in [0.1, 0.15) is 5.78 Å². The fourth-order valence-electron chi connectivity index (χ4n) is 4.41. The third-order valence-corrected chi connectivity index (χ3v) is 7.06. The van der Waals surface area contributed by atoms with Crippen LogP contribution in [0.25, 0.3) is 0 Å². The van der Waals surface area contributed by atoms with Crippen LogP contribution in [0.1, 0.15) is 31.1 Å². The molecule has 7 nitrogen and oxygen atoms in total. The molecular weight excluding hydrogens is 409 g/mol. The number of thioether (sulfide) groups is 1. The zero-order valence-electron chi connectivity index (χ0n) is 17.3. The van der Waals surface area contributed by atoms with Gasteiger partial charge in [0, 0.05) is 13.1 Å². The fraction of sp³-hybridized carbons (Fsp3) is 0.476. The van der Waals surface area contributed by atoms with E-state index in [2.05, 4.69) is 4.90 Å². The Kier molecular flexibility index (Phi) is 5.80. The number of ketones is 2. The van der Waals surface area contributed by atoms with Gasteiger partial charge in [0.25, 0.3) is 0 Å². The minimum absolute atomic E-state index is 0.0276. The van der Waals surface area contributed by atoms with Crippen LogP contribution in [0.4, 0.5) is 15.8 Å². The third kappa shape index (κ3) is 3.60. The van der Waals surface area contributed by atoms with E-state index in [1.54, 1.807) is 19.9 Å². The van der Waals surface area contributed by atoms with Crippen molar-refractivity contribution in [2.45, 2.75) is 26.1 Å². The van der Waals surface area contributed by atoms with Gasteiger partial charge in [-0.05, 0) is 38.6 Å². The van der Waals surface area contributed by atoms with Crippen molar-refractivity contribution in [3.05, 3.63) is 34.1 Å². The molecule has 3 aliphatic heterocycles. The molecule has 0 radical (unpaired) electrons. The van der Waals surface area contributed by atoms with Crippen molar-refractivity contribution in [1.82, 2.24) is 4.90 Å². The molecule has 9 heteroatoms. The second kappa shape index (κ2) is 8.22. The molecule has 3 heterocycles. The summed E-state index contributed by atoms with van der Waals surface area (Å²) in [7, 11) is 0. The normalized spacial score (nSPS) is 24.2. The first-order valence-corrected chi connectivity index (χ1v) is 11.1. The lowest BCUT2D eigenvalue weighted by molar-refractivity contribution is -0.840. The average molecular weight is 436 g/mol. The predicted octanol–water partition coefficient (Wildman–Crippen LogP) is -0.173. The number of carbonyl (C=O) groups excluding carboxylic acids is 3. The highest BCUT2D eigenvalue weighted by Gasteiger charge is 2.51. The number of nitrogens with zero attached hydrogens (tertiary/aromatic N) is 1. The van der Waals surface area contributed by atoms with Gasteiger partial charge in [0.05, 0.1) is 37.9 Å². The van der Waals surface area contributed by atoms with E-state index in [1.807, 2.05) is 6.92 Å². The highest BCUT2D eigenvalue weighted by molar-refractivity contribution is 8.04. The van der Waals surface area contributed by atoms with Gasteiger partial charge in [-0.3, -0.25) is 24.3 Å². The van der Waals surface area contributed by atoms with Crippen molar-refractivity contribution >= 4 is 40.7 Å². The summed E-state index contributed by atoms with van der Waals surface area (Å²) >= 11 is 1.48. The van der Waals surface area contributed by atoms with Crippen LogP contribution < -0.4 is 9.80 Å². The third-order valence-electron chi connectivity index (χ3n) is 5.81. The number of halogens is 1. The summed E-state index contributed by atoms with van der Waals surface area (Å²) in [5.74, 6) is -1.42. The van der Waals surface area contributed by atoms with Crippen molar-refractivity contribution in [2.75, 3.05) is 39.3 Å². The molecule has 3 aliphatic rings. The molecule has 0 aromatic heterocycles. The number of Topliss-reactive ketones (excluding diaryl/α,β-unsaturated/α-hetero) is 2. The number of rotatable bonds is 5. The van der Waals surface area contributed by atoms with Crippen LogP contribution in [0.2, 0.25) is 0 Å². The number of hydrogen-bond donors (Lipinski definition) is 2. The van der Waals surface area contributed by atoms with Gasteiger partial charge in [-0.15, -0.1) is 0 Å². The van der Waals surface area contributed by atoms with Crippen LogP contribution in [-0.4, -0.2) is 67.1 Å². The Hall–Kier alpha value is -2.07. The molecule has 2 saturated heterocycles. The van der Waals surface area contributed by atoms with Gasteiger partial charge < -0.3 is 4.74 Å². The van der Waals surface area contributed by atoms with E-state index in [1.165, 1.54) is 17.8 Å². The number of esters is 1. The summed E-state index contributed by atoms with van der Waals surface area (Å²) in [6, 6.07) is 3.06. The number of benzene rings is 1. The first-order valence-electron chi connectivity index (χ1n) is 10.2. The van der Waals surface area contributed by atoms with E-state index in [9.17, 15) is 14.4 Å². The molecule has 4 rings (SSSR count). The Bertz CT molecular complexity index is 956. The Morgan fingerprint density at radius 3 is 2.57 bits per heavy atom. The smallest absolute Gasteiger partial charge is 0.348 e. The zero-order chi connectivity index (χ0) is 21.6. The molecule has 160 valence electrons. The Morgan fingerprint density at radius 1 is 1.27 bits per heavy atom. The second-order valence-electron chi connectivity index (χ2n) is 7.89.